The molecule has 0 saturated heterocycles. The van der Waals surface area contributed by atoms with Gasteiger partial charge in [-0.05, 0) is 41.4 Å². The molecule has 108 valence electrons. The Morgan fingerprint density at radius 1 is 1.20 bits per heavy atom. The van der Waals surface area contributed by atoms with Crippen molar-refractivity contribution in [3.8, 4) is 0 Å². The van der Waals surface area contributed by atoms with Gasteiger partial charge in [0.25, 0.3) is 0 Å². The molecule has 3 nitrogen and oxygen atoms in total. The molecule has 6 heteroatoms. The summed E-state index contributed by atoms with van der Waals surface area (Å²) in [4.78, 5) is 0. The van der Waals surface area contributed by atoms with Crippen molar-refractivity contribution in [2.45, 2.75) is 33.4 Å². The van der Waals surface area contributed by atoms with Crippen molar-refractivity contribution in [1.82, 2.24) is 9.78 Å². The monoisotopic (exact) mass is 343 g/mol. The van der Waals surface area contributed by atoms with Crippen LogP contribution < -0.4 is 5.32 Å². The second-order valence-electron chi connectivity index (χ2n) is 4.40. The number of halogens is 3. The number of aromatic nitrogens is 2. The number of anilines is 1. The van der Waals surface area contributed by atoms with Gasteiger partial charge in [0, 0.05) is 12.6 Å². The van der Waals surface area contributed by atoms with Gasteiger partial charge < -0.3 is 5.32 Å². The second-order valence-corrected chi connectivity index (χ2v) is 5.25. The molecule has 0 aliphatic carbocycles. The van der Waals surface area contributed by atoms with E-state index in [9.17, 15) is 8.78 Å². The second kappa shape index (κ2) is 6.35. The zero-order valence-electron chi connectivity index (χ0n) is 11.4. The highest BCUT2D eigenvalue weighted by molar-refractivity contribution is 9.10. The summed E-state index contributed by atoms with van der Waals surface area (Å²) in [5, 5.41) is 7.33. The molecule has 20 heavy (non-hydrogen) atoms. The molecule has 0 unspecified atom stereocenters. The third-order valence-electron chi connectivity index (χ3n) is 3.05. The number of hydrogen-bond donors (Lipinski definition) is 1. The van der Waals surface area contributed by atoms with Crippen LogP contribution in [0.25, 0.3) is 0 Å². The Bertz CT molecular complexity index is 611. The molecule has 0 aliphatic heterocycles. The minimum Gasteiger partial charge on any atom is -0.377 e. The summed E-state index contributed by atoms with van der Waals surface area (Å²) in [5.74, 6) is -0.983. The van der Waals surface area contributed by atoms with Crippen LogP contribution >= 0.6 is 15.9 Å². The first-order valence-electron chi connectivity index (χ1n) is 6.49. The summed E-state index contributed by atoms with van der Waals surface area (Å²) in [7, 11) is 0. The predicted molar refractivity (Wildman–Crippen MR) is 78.7 cm³/mol. The van der Waals surface area contributed by atoms with E-state index in [1.165, 1.54) is 0 Å². The van der Waals surface area contributed by atoms with E-state index in [1.807, 2.05) is 24.6 Å². The first-order chi connectivity index (χ1) is 9.55. The van der Waals surface area contributed by atoms with E-state index in [-0.39, 0.29) is 10.2 Å². The minimum atomic E-state index is -0.493. The van der Waals surface area contributed by atoms with Crippen LogP contribution in [0.4, 0.5) is 14.5 Å². The summed E-state index contributed by atoms with van der Waals surface area (Å²) in [6.07, 6.45) is 0.848. The Labute approximate surface area is 125 Å². The molecule has 1 heterocycles. The van der Waals surface area contributed by atoms with Gasteiger partial charge in [-0.2, -0.15) is 5.10 Å². The van der Waals surface area contributed by atoms with Gasteiger partial charge in [0.1, 0.15) is 11.6 Å². The number of rotatable bonds is 5. The van der Waals surface area contributed by atoms with Crippen molar-refractivity contribution in [1.29, 1.82) is 0 Å². The maximum atomic E-state index is 13.7. The molecule has 0 spiro atoms. The van der Waals surface area contributed by atoms with Gasteiger partial charge in [0.2, 0.25) is 0 Å². The van der Waals surface area contributed by atoms with Gasteiger partial charge >= 0.3 is 0 Å². The Morgan fingerprint density at radius 2 is 1.95 bits per heavy atom. The normalized spacial score (nSPS) is 10.8. The van der Waals surface area contributed by atoms with E-state index in [0.29, 0.717) is 6.54 Å². The van der Waals surface area contributed by atoms with Crippen LogP contribution in [-0.2, 0) is 19.5 Å². The van der Waals surface area contributed by atoms with Gasteiger partial charge in [0.05, 0.1) is 28.1 Å². The first-order valence-corrected chi connectivity index (χ1v) is 7.28. The molecule has 1 aromatic heterocycles. The molecular weight excluding hydrogens is 328 g/mol. The summed E-state index contributed by atoms with van der Waals surface area (Å²) in [5.41, 5.74) is 2.09. The predicted octanol–water partition coefficient (Wildman–Crippen LogP) is 4.12. The van der Waals surface area contributed by atoms with Crippen molar-refractivity contribution in [2.24, 2.45) is 0 Å². The molecule has 0 bridgehead atoms. The van der Waals surface area contributed by atoms with Crippen LogP contribution in [0.5, 0.6) is 0 Å². The molecule has 0 saturated carbocycles. The molecule has 0 aliphatic rings. The molecule has 0 amide bonds. The quantitative estimate of drug-likeness (QED) is 0.827. The van der Waals surface area contributed by atoms with Crippen molar-refractivity contribution in [2.75, 3.05) is 5.32 Å². The number of hydrogen-bond acceptors (Lipinski definition) is 2. The van der Waals surface area contributed by atoms with Crippen LogP contribution in [0, 0.1) is 11.6 Å². The van der Waals surface area contributed by atoms with Crippen molar-refractivity contribution >= 4 is 21.6 Å². The lowest BCUT2D eigenvalue weighted by Crippen LogP contribution is -2.09. The fraction of sp³-hybridized carbons (Fsp3) is 0.357. The molecular formula is C14H16BrF2N3. The fourth-order valence-corrected chi connectivity index (χ4v) is 2.26. The molecule has 2 aromatic rings. The lowest BCUT2D eigenvalue weighted by atomic mass is 10.2. The third kappa shape index (κ3) is 3.17. The van der Waals surface area contributed by atoms with Gasteiger partial charge in [0.15, 0.2) is 0 Å². The lowest BCUT2D eigenvalue weighted by Gasteiger charge is -2.09. The Hall–Kier alpha value is -1.43. The van der Waals surface area contributed by atoms with Gasteiger partial charge in [-0.1, -0.05) is 6.92 Å². The summed E-state index contributed by atoms with van der Waals surface area (Å²) < 4.78 is 29.1. The molecule has 0 radical (unpaired) electrons. The highest BCUT2D eigenvalue weighted by atomic mass is 79.9. The van der Waals surface area contributed by atoms with Gasteiger partial charge in [-0.25, -0.2) is 8.78 Å². The average molecular weight is 344 g/mol. The highest BCUT2D eigenvalue weighted by Crippen LogP contribution is 2.23. The third-order valence-corrected chi connectivity index (χ3v) is 3.65. The van der Waals surface area contributed by atoms with Crippen molar-refractivity contribution in [3.63, 3.8) is 0 Å². The molecule has 1 N–H and O–H groups in total. The minimum absolute atomic E-state index is 0.118. The fourth-order valence-electron chi connectivity index (χ4n) is 1.95. The van der Waals surface area contributed by atoms with Crippen LogP contribution in [0.3, 0.4) is 0 Å². The average Bonchev–Trinajstić information content (AvgIpc) is 2.84. The van der Waals surface area contributed by atoms with E-state index in [4.69, 9.17) is 0 Å². The zero-order valence-corrected chi connectivity index (χ0v) is 13.0. The largest absolute Gasteiger partial charge is 0.377 e. The highest BCUT2D eigenvalue weighted by Gasteiger charge is 2.10. The topological polar surface area (TPSA) is 29.9 Å². The maximum Gasteiger partial charge on any atom is 0.147 e. The Morgan fingerprint density at radius 3 is 2.60 bits per heavy atom. The van der Waals surface area contributed by atoms with E-state index < -0.39 is 11.6 Å². The standard InChI is InChI=1S/C14H16BrF2N3/c1-3-9-5-10(20(4-2)19-9)8-18-14-7-12(16)11(15)6-13(14)17/h5-7,18H,3-4,8H2,1-2H3. The first kappa shape index (κ1) is 15.0. The Balaban J connectivity index is 2.16. The Kier molecular flexibility index (Phi) is 4.75. The molecule has 1 aromatic carbocycles. The summed E-state index contributed by atoms with van der Waals surface area (Å²) in [6.45, 7) is 5.17. The number of nitrogens with zero attached hydrogens (tertiary/aromatic N) is 2. The maximum absolute atomic E-state index is 13.7. The van der Waals surface area contributed by atoms with E-state index in [1.54, 1.807) is 0 Å². The van der Waals surface area contributed by atoms with Crippen LogP contribution in [0.1, 0.15) is 25.2 Å². The molecule has 0 fully saturated rings. The van der Waals surface area contributed by atoms with E-state index in [0.717, 1.165) is 36.5 Å². The number of aryl methyl sites for hydroxylation is 2. The zero-order chi connectivity index (χ0) is 14.7. The smallest absolute Gasteiger partial charge is 0.147 e. The van der Waals surface area contributed by atoms with Crippen LogP contribution in [-0.4, -0.2) is 9.78 Å². The summed E-state index contributed by atoms with van der Waals surface area (Å²) >= 11 is 2.95. The van der Waals surface area contributed by atoms with Crippen LogP contribution in [0.15, 0.2) is 22.7 Å². The summed E-state index contributed by atoms with van der Waals surface area (Å²) in [6, 6.07) is 4.24. The van der Waals surface area contributed by atoms with E-state index >= 15 is 0 Å². The molecule has 2 rings (SSSR count). The number of benzene rings is 1. The number of nitrogens with one attached hydrogen (secondary N) is 1. The van der Waals surface area contributed by atoms with Crippen molar-refractivity contribution < 1.29 is 8.78 Å². The SMILES string of the molecule is CCc1cc(CNc2cc(F)c(Br)cc2F)n(CC)n1. The van der Waals surface area contributed by atoms with Crippen molar-refractivity contribution in [3.05, 3.63) is 45.7 Å². The molecule has 0 atom stereocenters. The van der Waals surface area contributed by atoms with Gasteiger partial charge in [-0.3, -0.25) is 4.68 Å². The van der Waals surface area contributed by atoms with E-state index in [2.05, 4.69) is 26.3 Å². The lowest BCUT2D eigenvalue weighted by molar-refractivity contribution is 0.594. The van der Waals surface area contributed by atoms with Gasteiger partial charge in [-0.15, -0.1) is 0 Å². The van der Waals surface area contributed by atoms with Crippen LogP contribution in [0.2, 0.25) is 0 Å².